The van der Waals surface area contributed by atoms with Crippen LogP contribution in [-0.2, 0) is 4.79 Å². The average Bonchev–Trinajstić information content (AvgIpc) is 2.14. The van der Waals surface area contributed by atoms with Crippen molar-refractivity contribution < 1.29 is 4.79 Å². The van der Waals surface area contributed by atoms with Crippen LogP contribution in [0, 0.1) is 5.92 Å². The van der Waals surface area contributed by atoms with Crippen LogP contribution in [0.2, 0.25) is 0 Å². The van der Waals surface area contributed by atoms with E-state index in [4.69, 9.17) is 11.6 Å². The molecule has 14 heavy (non-hydrogen) atoms. The molecule has 1 saturated heterocycles. The van der Waals surface area contributed by atoms with Gasteiger partial charge >= 0.3 is 0 Å². The van der Waals surface area contributed by atoms with Gasteiger partial charge in [0.2, 0.25) is 5.91 Å². The van der Waals surface area contributed by atoms with E-state index in [1.54, 1.807) is 0 Å². The smallest absolute Gasteiger partial charge is 0.222 e. The van der Waals surface area contributed by atoms with Crippen LogP contribution < -0.4 is 0 Å². The Bertz CT molecular complexity index is 194. The minimum Gasteiger partial charge on any atom is -0.341 e. The van der Waals surface area contributed by atoms with Crippen molar-refractivity contribution in [2.24, 2.45) is 5.92 Å². The molecular weight excluding hydrogens is 198 g/mol. The summed E-state index contributed by atoms with van der Waals surface area (Å²) in [7, 11) is 0. The molecule has 0 N–H and O–H groups in total. The van der Waals surface area contributed by atoms with E-state index in [9.17, 15) is 4.79 Å². The highest BCUT2D eigenvalue weighted by Gasteiger charge is 2.21. The fourth-order valence-corrected chi connectivity index (χ4v) is 2.04. The zero-order chi connectivity index (χ0) is 10.6. The molecule has 1 rings (SSSR count). The van der Waals surface area contributed by atoms with Crippen molar-refractivity contribution in [2.45, 2.75) is 44.9 Å². The lowest BCUT2D eigenvalue weighted by Gasteiger charge is -2.30. The number of amides is 1. The summed E-state index contributed by atoms with van der Waals surface area (Å²) in [5, 5.41) is 0.173. The molecule has 1 fully saturated rings. The molecule has 3 heteroatoms. The third kappa shape index (κ3) is 3.87. The second-order valence-electron chi connectivity index (χ2n) is 4.51. The number of carbonyl (C=O) groups is 1. The molecule has 0 aromatic heterocycles. The molecule has 1 atom stereocenters. The van der Waals surface area contributed by atoms with E-state index in [-0.39, 0.29) is 11.3 Å². The fraction of sp³-hybridized carbons (Fsp3) is 0.909. The third-order valence-electron chi connectivity index (χ3n) is 2.65. The van der Waals surface area contributed by atoms with Crippen molar-refractivity contribution in [3.8, 4) is 0 Å². The van der Waals surface area contributed by atoms with Gasteiger partial charge in [-0.2, -0.15) is 0 Å². The maximum Gasteiger partial charge on any atom is 0.222 e. The predicted octanol–water partition coefficient (Wildman–Crippen LogP) is 2.65. The minimum absolute atomic E-state index is 0.173. The Morgan fingerprint density at radius 1 is 1.57 bits per heavy atom. The van der Waals surface area contributed by atoms with E-state index >= 15 is 0 Å². The second-order valence-corrected chi connectivity index (χ2v) is 5.13. The molecule has 0 aromatic rings. The zero-order valence-corrected chi connectivity index (χ0v) is 9.89. The quantitative estimate of drug-likeness (QED) is 0.666. The first-order valence-corrected chi connectivity index (χ1v) is 5.95. The first-order chi connectivity index (χ1) is 6.59. The van der Waals surface area contributed by atoms with Crippen LogP contribution >= 0.6 is 11.6 Å². The van der Waals surface area contributed by atoms with E-state index < -0.39 is 0 Å². The van der Waals surface area contributed by atoms with Crippen LogP contribution in [0.25, 0.3) is 0 Å². The molecule has 2 nitrogen and oxygen atoms in total. The van der Waals surface area contributed by atoms with Crippen LogP contribution in [0.4, 0.5) is 0 Å². The van der Waals surface area contributed by atoms with Gasteiger partial charge in [-0.05, 0) is 25.2 Å². The highest BCUT2D eigenvalue weighted by atomic mass is 35.5. The number of halogens is 1. The number of hydrogen-bond acceptors (Lipinski definition) is 1. The number of hydrogen-bond donors (Lipinski definition) is 0. The summed E-state index contributed by atoms with van der Waals surface area (Å²) in [5.41, 5.74) is 0. The topological polar surface area (TPSA) is 20.3 Å². The number of rotatable bonds is 3. The Kier molecular flexibility index (Phi) is 4.73. The summed E-state index contributed by atoms with van der Waals surface area (Å²) in [5.74, 6) is 0.889. The monoisotopic (exact) mass is 217 g/mol. The number of likely N-dealkylation sites (tertiary alicyclic amines) is 1. The predicted molar refractivity (Wildman–Crippen MR) is 59.5 cm³/mol. The normalized spacial score (nSPS) is 22.9. The van der Waals surface area contributed by atoms with Crippen molar-refractivity contribution in [1.29, 1.82) is 0 Å². The fourth-order valence-electron chi connectivity index (χ4n) is 1.72. The van der Waals surface area contributed by atoms with Crippen molar-refractivity contribution in [3.05, 3.63) is 0 Å². The van der Waals surface area contributed by atoms with Gasteiger partial charge in [0.25, 0.3) is 0 Å². The van der Waals surface area contributed by atoms with E-state index in [1.165, 1.54) is 0 Å². The van der Waals surface area contributed by atoms with Gasteiger partial charge in [0, 0.05) is 19.5 Å². The number of alkyl halides is 1. The molecule has 0 saturated carbocycles. The molecule has 82 valence electrons. The van der Waals surface area contributed by atoms with Gasteiger partial charge < -0.3 is 4.90 Å². The molecule has 1 aliphatic heterocycles. The Hall–Kier alpha value is -0.240. The van der Waals surface area contributed by atoms with Crippen LogP contribution in [0.1, 0.15) is 39.5 Å². The van der Waals surface area contributed by atoms with Gasteiger partial charge in [-0.3, -0.25) is 4.79 Å². The lowest BCUT2D eigenvalue weighted by Crippen LogP contribution is -2.40. The second kappa shape index (κ2) is 5.59. The van der Waals surface area contributed by atoms with E-state index in [1.807, 2.05) is 4.90 Å². The molecule has 0 spiro atoms. The molecular formula is C11H20ClNO. The maximum absolute atomic E-state index is 11.7. The van der Waals surface area contributed by atoms with E-state index in [0.717, 1.165) is 32.4 Å². The van der Waals surface area contributed by atoms with Gasteiger partial charge in [0.05, 0.1) is 5.38 Å². The lowest BCUT2D eigenvalue weighted by molar-refractivity contribution is -0.132. The van der Waals surface area contributed by atoms with Gasteiger partial charge in [-0.25, -0.2) is 0 Å². The molecule has 0 radical (unpaired) electrons. The van der Waals surface area contributed by atoms with Crippen LogP contribution in [0.15, 0.2) is 0 Å². The Labute approximate surface area is 91.6 Å². The maximum atomic E-state index is 11.7. The average molecular weight is 218 g/mol. The SMILES string of the molecule is CC(C)CCC(=O)N1CCCC(Cl)C1. The van der Waals surface area contributed by atoms with Crippen molar-refractivity contribution in [1.82, 2.24) is 4.90 Å². The molecule has 1 amide bonds. The minimum atomic E-state index is 0.173. The molecule has 0 aliphatic carbocycles. The summed E-state index contributed by atoms with van der Waals surface area (Å²) in [6.07, 6.45) is 3.78. The number of carbonyl (C=O) groups excluding carboxylic acids is 1. The molecule has 0 bridgehead atoms. The van der Waals surface area contributed by atoms with Crippen LogP contribution in [0.3, 0.4) is 0 Å². The summed E-state index contributed by atoms with van der Waals surface area (Å²) in [4.78, 5) is 13.6. The molecule has 1 unspecified atom stereocenters. The largest absolute Gasteiger partial charge is 0.341 e. The Morgan fingerprint density at radius 3 is 2.86 bits per heavy atom. The Balaban J connectivity index is 2.29. The van der Waals surface area contributed by atoms with E-state index in [0.29, 0.717) is 12.3 Å². The van der Waals surface area contributed by atoms with Crippen LogP contribution in [0.5, 0.6) is 0 Å². The first kappa shape index (κ1) is 11.8. The van der Waals surface area contributed by atoms with Crippen molar-refractivity contribution in [3.63, 3.8) is 0 Å². The molecule has 0 aromatic carbocycles. The van der Waals surface area contributed by atoms with Gasteiger partial charge in [0.1, 0.15) is 0 Å². The zero-order valence-electron chi connectivity index (χ0n) is 9.13. The van der Waals surface area contributed by atoms with Crippen LogP contribution in [-0.4, -0.2) is 29.3 Å². The highest BCUT2D eigenvalue weighted by Crippen LogP contribution is 2.16. The highest BCUT2D eigenvalue weighted by molar-refractivity contribution is 6.20. The number of nitrogens with zero attached hydrogens (tertiary/aromatic N) is 1. The number of piperidine rings is 1. The Morgan fingerprint density at radius 2 is 2.29 bits per heavy atom. The molecule has 1 aliphatic rings. The van der Waals surface area contributed by atoms with Crippen molar-refractivity contribution >= 4 is 17.5 Å². The lowest BCUT2D eigenvalue weighted by atomic mass is 10.1. The standard InChI is InChI=1S/C11H20ClNO/c1-9(2)5-6-11(14)13-7-3-4-10(12)8-13/h9-10H,3-8H2,1-2H3. The van der Waals surface area contributed by atoms with Gasteiger partial charge in [-0.1, -0.05) is 13.8 Å². The molecule has 1 heterocycles. The third-order valence-corrected chi connectivity index (χ3v) is 3.01. The van der Waals surface area contributed by atoms with Gasteiger partial charge in [-0.15, -0.1) is 11.6 Å². The van der Waals surface area contributed by atoms with Gasteiger partial charge in [0.15, 0.2) is 0 Å². The first-order valence-electron chi connectivity index (χ1n) is 5.51. The van der Waals surface area contributed by atoms with Crippen molar-refractivity contribution in [2.75, 3.05) is 13.1 Å². The summed E-state index contributed by atoms with van der Waals surface area (Å²) in [6.45, 7) is 5.94. The summed E-state index contributed by atoms with van der Waals surface area (Å²) < 4.78 is 0. The van der Waals surface area contributed by atoms with E-state index in [2.05, 4.69) is 13.8 Å². The summed E-state index contributed by atoms with van der Waals surface area (Å²) in [6, 6.07) is 0. The summed E-state index contributed by atoms with van der Waals surface area (Å²) >= 11 is 6.02.